The van der Waals surface area contributed by atoms with E-state index in [-0.39, 0.29) is 29.5 Å². The van der Waals surface area contributed by atoms with Gasteiger partial charge in [0.15, 0.2) is 0 Å². The van der Waals surface area contributed by atoms with Gasteiger partial charge in [0.2, 0.25) is 5.79 Å². The Hall–Kier alpha value is -6.26. The summed E-state index contributed by atoms with van der Waals surface area (Å²) in [5, 5.41) is 0. The third kappa shape index (κ3) is 8.04. The van der Waals surface area contributed by atoms with Crippen molar-refractivity contribution in [2.45, 2.75) is 94.7 Å². The first kappa shape index (κ1) is 39.2. The van der Waals surface area contributed by atoms with Crippen molar-refractivity contribution in [3.05, 3.63) is 156 Å². The van der Waals surface area contributed by atoms with Crippen molar-refractivity contribution in [2.75, 3.05) is 9.80 Å². The molecule has 60 heavy (non-hydrogen) atoms. The molecule has 2 saturated carbocycles. The number of anilines is 2. The molecule has 3 unspecified atom stereocenters. The van der Waals surface area contributed by atoms with Crippen LogP contribution in [0.5, 0.6) is 11.5 Å². The van der Waals surface area contributed by atoms with Crippen LogP contribution in [0.4, 0.5) is 11.4 Å². The Morgan fingerprint density at radius 2 is 1.02 bits per heavy atom. The summed E-state index contributed by atoms with van der Waals surface area (Å²) in [6.45, 7) is 0. The second-order valence-electron chi connectivity index (χ2n) is 16.2. The van der Waals surface area contributed by atoms with Gasteiger partial charge in [0.1, 0.15) is 23.4 Å². The Bertz CT molecular complexity index is 2290. The van der Waals surface area contributed by atoms with Crippen LogP contribution in [0.15, 0.2) is 156 Å². The lowest BCUT2D eigenvalue weighted by Crippen LogP contribution is -2.45. The van der Waals surface area contributed by atoms with E-state index >= 15 is 0 Å². The molecule has 306 valence electrons. The monoisotopic (exact) mass is 804 g/mol. The van der Waals surface area contributed by atoms with Crippen molar-refractivity contribution in [3.63, 3.8) is 0 Å². The van der Waals surface area contributed by atoms with Crippen LogP contribution in [-0.4, -0.2) is 41.3 Å². The van der Waals surface area contributed by atoms with Crippen molar-refractivity contribution >= 4 is 35.0 Å². The number of rotatable bonds is 11. The summed E-state index contributed by atoms with van der Waals surface area (Å²) in [6.07, 6.45) is 36.5. The number of hydrogen-bond donors (Lipinski definition) is 0. The summed E-state index contributed by atoms with van der Waals surface area (Å²) >= 11 is 0. The molecule has 2 aromatic rings. The molecule has 4 amide bonds. The van der Waals surface area contributed by atoms with Crippen molar-refractivity contribution in [2.24, 2.45) is 5.92 Å². The lowest BCUT2D eigenvalue weighted by atomic mass is 9.75. The predicted molar refractivity (Wildman–Crippen MR) is 227 cm³/mol. The SMILES string of the molecule is O=C1C=CC(=O)N1c1ccc(OC2(OC3=C(C4CCCCC4)C(OC4(Oc5ccc(N6C(=O)C=CC6=O)cc5)C=CC=CC4)C(=C4CCCCC4)C=C3)C=CC=CC2)cc1. The number of amides is 4. The number of hydrogen-bond acceptors (Lipinski definition) is 8. The number of carbonyl (C=O) groups excluding carboxylic acids is 4. The van der Waals surface area contributed by atoms with Crippen molar-refractivity contribution in [3.8, 4) is 11.5 Å². The number of imide groups is 2. The van der Waals surface area contributed by atoms with E-state index in [1.165, 1.54) is 42.7 Å². The summed E-state index contributed by atoms with van der Waals surface area (Å²) in [6, 6.07) is 13.9. The van der Waals surface area contributed by atoms with E-state index in [0.717, 1.165) is 72.3 Å². The zero-order valence-electron chi connectivity index (χ0n) is 33.5. The van der Waals surface area contributed by atoms with Crippen LogP contribution in [0.1, 0.15) is 77.0 Å². The van der Waals surface area contributed by atoms with Crippen LogP contribution in [0.2, 0.25) is 0 Å². The Morgan fingerprint density at radius 1 is 0.517 bits per heavy atom. The Kier molecular flexibility index (Phi) is 11.0. The van der Waals surface area contributed by atoms with Crippen molar-refractivity contribution in [1.29, 1.82) is 0 Å². The summed E-state index contributed by atoms with van der Waals surface area (Å²) in [5.74, 6) is -1.93. The molecule has 10 nitrogen and oxygen atoms in total. The molecule has 10 heteroatoms. The normalized spacial score (nSPS) is 26.6. The van der Waals surface area contributed by atoms with Gasteiger partial charge in [-0.25, -0.2) is 9.80 Å². The topological polar surface area (TPSA) is 112 Å². The fraction of sp³-hybridized carbons (Fsp3) is 0.320. The van der Waals surface area contributed by atoms with Gasteiger partial charge in [-0.1, -0.05) is 73.8 Å². The molecule has 3 atom stereocenters. The molecule has 0 radical (unpaired) electrons. The number of benzene rings is 2. The summed E-state index contributed by atoms with van der Waals surface area (Å²) < 4.78 is 28.3. The molecular weight excluding hydrogens is 757 g/mol. The largest absolute Gasteiger partial charge is 0.458 e. The van der Waals surface area contributed by atoms with Gasteiger partial charge in [0.05, 0.1) is 11.4 Å². The molecule has 0 N–H and O–H groups in total. The first-order chi connectivity index (χ1) is 29.3. The Balaban J connectivity index is 1.08. The first-order valence-corrected chi connectivity index (χ1v) is 21.2. The fourth-order valence-corrected chi connectivity index (χ4v) is 9.21. The molecule has 2 heterocycles. The third-order valence-corrected chi connectivity index (χ3v) is 12.2. The smallest absolute Gasteiger partial charge is 0.274 e. The minimum Gasteiger partial charge on any atom is -0.458 e. The van der Waals surface area contributed by atoms with Crippen molar-refractivity contribution < 1.29 is 38.1 Å². The van der Waals surface area contributed by atoms with Gasteiger partial charge in [0.25, 0.3) is 29.4 Å². The zero-order chi connectivity index (χ0) is 41.1. The van der Waals surface area contributed by atoms with Crippen LogP contribution >= 0.6 is 0 Å². The van der Waals surface area contributed by atoms with Crippen LogP contribution in [0.25, 0.3) is 0 Å². The number of allylic oxidation sites excluding steroid dienone is 6. The molecule has 9 rings (SSSR count). The van der Waals surface area contributed by atoms with E-state index in [1.807, 2.05) is 42.5 Å². The Morgan fingerprint density at radius 3 is 1.53 bits per heavy atom. The third-order valence-electron chi connectivity index (χ3n) is 12.2. The zero-order valence-corrected chi connectivity index (χ0v) is 33.5. The van der Waals surface area contributed by atoms with Gasteiger partial charge in [-0.15, -0.1) is 0 Å². The van der Waals surface area contributed by atoms with E-state index in [2.05, 4.69) is 18.2 Å². The molecule has 5 aliphatic carbocycles. The predicted octanol–water partition coefficient (Wildman–Crippen LogP) is 9.49. The van der Waals surface area contributed by atoms with E-state index in [9.17, 15) is 19.2 Å². The summed E-state index contributed by atoms with van der Waals surface area (Å²) in [5.41, 5.74) is 4.58. The summed E-state index contributed by atoms with van der Waals surface area (Å²) in [7, 11) is 0. The number of nitrogens with zero attached hydrogens (tertiary/aromatic N) is 2. The maximum Gasteiger partial charge on any atom is 0.274 e. The van der Waals surface area contributed by atoms with Crippen LogP contribution in [0.3, 0.4) is 0 Å². The van der Waals surface area contributed by atoms with E-state index < -0.39 is 17.7 Å². The molecule has 2 aromatic carbocycles. The van der Waals surface area contributed by atoms with Gasteiger partial charge in [-0.05, 0) is 117 Å². The molecule has 0 spiro atoms. The molecule has 0 aromatic heterocycles. The highest BCUT2D eigenvalue weighted by molar-refractivity contribution is 6.28. The Labute approximate surface area is 350 Å². The molecule has 0 bridgehead atoms. The van der Waals surface area contributed by atoms with E-state index in [4.69, 9.17) is 18.9 Å². The average molecular weight is 805 g/mol. The highest BCUT2D eigenvalue weighted by atomic mass is 16.7. The van der Waals surface area contributed by atoms with E-state index in [0.29, 0.717) is 41.5 Å². The first-order valence-electron chi connectivity index (χ1n) is 21.2. The second-order valence-corrected chi connectivity index (χ2v) is 16.2. The maximum absolute atomic E-state index is 12.4. The quantitative estimate of drug-likeness (QED) is 0.163. The van der Waals surface area contributed by atoms with Crippen molar-refractivity contribution in [1.82, 2.24) is 0 Å². The summed E-state index contributed by atoms with van der Waals surface area (Å²) in [4.78, 5) is 51.8. The van der Waals surface area contributed by atoms with Gasteiger partial charge in [0, 0.05) is 42.7 Å². The minimum atomic E-state index is -1.20. The molecule has 2 aliphatic heterocycles. The van der Waals surface area contributed by atoms with Crippen LogP contribution in [-0.2, 0) is 28.7 Å². The fourth-order valence-electron chi connectivity index (χ4n) is 9.21. The van der Waals surface area contributed by atoms with Gasteiger partial charge in [-0.2, -0.15) is 0 Å². The molecule has 0 saturated heterocycles. The molecule has 7 aliphatic rings. The van der Waals surface area contributed by atoms with Gasteiger partial charge < -0.3 is 18.9 Å². The molecular formula is C50H48N2O8. The van der Waals surface area contributed by atoms with E-state index in [1.54, 1.807) is 48.5 Å². The number of ether oxygens (including phenoxy) is 4. The molecule has 2 fully saturated rings. The lowest BCUT2D eigenvalue weighted by Gasteiger charge is -2.42. The second kappa shape index (κ2) is 16.8. The highest BCUT2D eigenvalue weighted by Gasteiger charge is 2.43. The lowest BCUT2D eigenvalue weighted by molar-refractivity contribution is -0.164. The highest BCUT2D eigenvalue weighted by Crippen LogP contribution is 2.46. The van der Waals surface area contributed by atoms with Crippen LogP contribution < -0.4 is 19.3 Å². The number of carbonyl (C=O) groups is 4. The van der Waals surface area contributed by atoms with Gasteiger partial charge in [-0.3, -0.25) is 19.2 Å². The standard InChI is InChI=1S/C50H48N2O8/c53-43-27-28-44(54)51(43)37-17-21-39(22-18-37)57-49(31-9-3-10-32-49)59-42-26-25-41(35-13-5-1-6-14-35)48(47(42)36-15-7-2-8-16-36)60-50(33-11-4-12-34-50)58-40-23-19-38(20-24-40)52-45(55)29-30-46(52)56/h3-4,9-12,17-31,33,36,48H,1-2,5-8,13-16,32,34H2. The average Bonchev–Trinajstić information content (AvgIpc) is 3.80. The van der Waals surface area contributed by atoms with Gasteiger partial charge >= 0.3 is 0 Å². The maximum atomic E-state index is 12.4. The van der Waals surface area contributed by atoms with Crippen LogP contribution in [0, 0.1) is 5.92 Å². The minimum absolute atomic E-state index is 0.190.